The molecule has 2 heterocycles. The highest BCUT2D eigenvalue weighted by atomic mass is 15.1. The number of nitrogens with zero attached hydrogens (tertiary/aromatic N) is 2. The van der Waals surface area contributed by atoms with Crippen molar-refractivity contribution in [1.29, 1.82) is 0 Å². The first-order valence-corrected chi connectivity index (χ1v) is 8.50. The minimum atomic E-state index is 0.696. The van der Waals surface area contributed by atoms with Crippen LogP contribution in [0.1, 0.15) is 69.7 Å². The molecule has 112 valence electrons. The van der Waals surface area contributed by atoms with E-state index in [2.05, 4.69) is 30.7 Å². The van der Waals surface area contributed by atoms with Gasteiger partial charge < -0.3 is 9.88 Å². The molecule has 1 aromatic rings. The van der Waals surface area contributed by atoms with Gasteiger partial charge >= 0.3 is 0 Å². The monoisotopic (exact) mass is 275 g/mol. The Morgan fingerprint density at radius 3 is 2.90 bits per heavy atom. The standard InChI is InChI=1S/C17H29N3/c1-4-5-17-19-14-11-18-9-8-16(14)20(17)15-7-6-12(2)10-13(15)3/h12-13,15,18H,4-11H2,1-3H3. The predicted octanol–water partition coefficient (Wildman–Crippen LogP) is 3.48. The van der Waals surface area contributed by atoms with Crippen LogP contribution in [0.2, 0.25) is 0 Å². The third-order valence-corrected chi connectivity index (χ3v) is 5.19. The summed E-state index contributed by atoms with van der Waals surface area (Å²) < 4.78 is 2.66. The van der Waals surface area contributed by atoms with Crippen molar-refractivity contribution < 1.29 is 0 Å². The van der Waals surface area contributed by atoms with E-state index < -0.39 is 0 Å². The second kappa shape index (κ2) is 5.88. The van der Waals surface area contributed by atoms with Crippen LogP contribution in [0.5, 0.6) is 0 Å². The van der Waals surface area contributed by atoms with Crippen molar-refractivity contribution in [2.45, 2.75) is 71.9 Å². The lowest BCUT2D eigenvalue weighted by Crippen LogP contribution is -2.30. The van der Waals surface area contributed by atoms with Crippen molar-refractivity contribution in [3.8, 4) is 0 Å². The number of hydrogen-bond acceptors (Lipinski definition) is 2. The molecule has 3 rings (SSSR count). The third kappa shape index (κ3) is 2.52. The zero-order chi connectivity index (χ0) is 14.1. The molecule has 1 aliphatic heterocycles. The fraction of sp³-hybridized carbons (Fsp3) is 0.824. The molecule has 3 unspecified atom stereocenters. The lowest BCUT2D eigenvalue weighted by molar-refractivity contribution is 0.200. The van der Waals surface area contributed by atoms with Crippen LogP contribution in [-0.4, -0.2) is 16.1 Å². The second-order valence-corrected chi connectivity index (χ2v) is 6.93. The van der Waals surface area contributed by atoms with Gasteiger partial charge in [-0.1, -0.05) is 20.8 Å². The number of imidazole rings is 1. The molecule has 1 saturated carbocycles. The highest BCUT2D eigenvalue weighted by Gasteiger charge is 2.31. The van der Waals surface area contributed by atoms with Gasteiger partial charge in [-0.3, -0.25) is 0 Å². The molecule has 3 atom stereocenters. The van der Waals surface area contributed by atoms with E-state index in [9.17, 15) is 0 Å². The van der Waals surface area contributed by atoms with Crippen LogP contribution in [0, 0.1) is 11.8 Å². The summed E-state index contributed by atoms with van der Waals surface area (Å²) in [6.07, 6.45) is 7.58. The van der Waals surface area contributed by atoms with Gasteiger partial charge in [0, 0.05) is 37.7 Å². The van der Waals surface area contributed by atoms with Crippen molar-refractivity contribution in [2.75, 3.05) is 6.54 Å². The molecule has 2 aliphatic rings. The number of aromatic nitrogens is 2. The van der Waals surface area contributed by atoms with E-state index >= 15 is 0 Å². The van der Waals surface area contributed by atoms with Crippen molar-refractivity contribution in [1.82, 2.24) is 14.9 Å². The average molecular weight is 275 g/mol. The maximum atomic E-state index is 4.97. The summed E-state index contributed by atoms with van der Waals surface area (Å²) in [4.78, 5) is 4.97. The molecule has 1 fully saturated rings. The Morgan fingerprint density at radius 1 is 1.30 bits per heavy atom. The third-order valence-electron chi connectivity index (χ3n) is 5.19. The minimum Gasteiger partial charge on any atom is -0.328 e. The molecule has 0 radical (unpaired) electrons. The largest absolute Gasteiger partial charge is 0.328 e. The summed E-state index contributed by atoms with van der Waals surface area (Å²) in [6.45, 7) is 9.21. The Balaban J connectivity index is 1.96. The van der Waals surface area contributed by atoms with Gasteiger partial charge in [0.2, 0.25) is 0 Å². The summed E-state index contributed by atoms with van der Waals surface area (Å²) in [5.41, 5.74) is 2.86. The zero-order valence-corrected chi connectivity index (χ0v) is 13.3. The normalized spacial score (nSPS) is 30.2. The van der Waals surface area contributed by atoms with E-state index in [1.54, 1.807) is 5.69 Å². The van der Waals surface area contributed by atoms with Crippen molar-refractivity contribution in [2.24, 2.45) is 11.8 Å². The van der Waals surface area contributed by atoms with Crippen LogP contribution in [0.25, 0.3) is 0 Å². The SMILES string of the molecule is CCCc1nc2c(n1C1CCC(C)CC1C)CCNC2. The highest BCUT2D eigenvalue weighted by Crippen LogP contribution is 2.39. The first-order valence-electron chi connectivity index (χ1n) is 8.50. The number of aryl methyl sites for hydroxylation is 1. The Hall–Kier alpha value is -0.830. The molecule has 0 amide bonds. The van der Waals surface area contributed by atoms with Crippen molar-refractivity contribution >= 4 is 0 Å². The molecule has 1 N–H and O–H groups in total. The molecular weight excluding hydrogens is 246 g/mol. The fourth-order valence-corrected chi connectivity index (χ4v) is 4.21. The Morgan fingerprint density at radius 2 is 2.15 bits per heavy atom. The molecule has 3 heteroatoms. The van der Waals surface area contributed by atoms with Crippen LogP contribution in [0.4, 0.5) is 0 Å². The van der Waals surface area contributed by atoms with Gasteiger partial charge in [-0.05, 0) is 37.5 Å². The van der Waals surface area contributed by atoms with Gasteiger partial charge in [-0.2, -0.15) is 0 Å². The molecule has 0 bridgehead atoms. The Labute approximate surface area is 123 Å². The molecule has 20 heavy (non-hydrogen) atoms. The maximum absolute atomic E-state index is 4.97. The summed E-state index contributed by atoms with van der Waals surface area (Å²) in [6, 6.07) is 0.696. The second-order valence-electron chi connectivity index (χ2n) is 6.93. The summed E-state index contributed by atoms with van der Waals surface area (Å²) in [7, 11) is 0. The van der Waals surface area contributed by atoms with Crippen LogP contribution < -0.4 is 5.32 Å². The van der Waals surface area contributed by atoms with E-state index in [1.165, 1.54) is 37.2 Å². The van der Waals surface area contributed by atoms with E-state index in [4.69, 9.17) is 4.98 Å². The van der Waals surface area contributed by atoms with E-state index in [0.717, 1.165) is 37.8 Å². The van der Waals surface area contributed by atoms with Gasteiger partial charge in [0.1, 0.15) is 5.82 Å². The predicted molar refractivity (Wildman–Crippen MR) is 82.8 cm³/mol. The number of hydrogen-bond donors (Lipinski definition) is 1. The lowest BCUT2D eigenvalue weighted by Gasteiger charge is -2.36. The number of rotatable bonds is 3. The molecule has 1 aromatic heterocycles. The van der Waals surface area contributed by atoms with Crippen LogP contribution in [-0.2, 0) is 19.4 Å². The topological polar surface area (TPSA) is 29.9 Å². The number of fused-ring (bicyclic) bond motifs is 1. The smallest absolute Gasteiger partial charge is 0.109 e. The molecule has 1 aliphatic carbocycles. The van der Waals surface area contributed by atoms with Gasteiger partial charge in [0.25, 0.3) is 0 Å². The maximum Gasteiger partial charge on any atom is 0.109 e. The molecular formula is C17H29N3. The Bertz CT molecular complexity index is 463. The molecule has 0 aromatic carbocycles. The van der Waals surface area contributed by atoms with Gasteiger partial charge in [0.05, 0.1) is 5.69 Å². The quantitative estimate of drug-likeness (QED) is 0.915. The Kier molecular flexibility index (Phi) is 4.16. The summed E-state index contributed by atoms with van der Waals surface area (Å²) in [5, 5.41) is 3.47. The zero-order valence-electron chi connectivity index (χ0n) is 13.3. The van der Waals surface area contributed by atoms with E-state index in [0.29, 0.717) is 6.04 Å². The first-order chi connectivity index (χ1) is 9.70. The summed E-state index contributed by atoms with van der Waals surface area (Å²) in [5.74, 6) is 3.05. The van der Waals surface area contributed by atoms with E-state index in [1.807, 2.05) is 0 Å². The van der Waals surface area contributed by atoms with Crippen molar-refractivity contribution in [3.63, 3.8) is 0 Å². The van der Waals surface area contributed by atoms with Crippen LogP contribution in [0.3, 0.4) is 0 Å². The number of nitrogens with one attached hydrogen (secondary N) is 1. The van der Waals surface area contributed by atoms with Gasteiger partial charge in [0.15, 0.2) is 0 Å². The van der Waals surface area contributed by atoms with Gasteiger partial charge in [-0.15, -0.1) is 0 Å². The fourth-order valence-electron chi connectivity index (χ4n) is 4.21. The van der Waals surface area contributed by atoms with Gasteiger partial charge in [-0.25, -0.2) is 4.98 Å². The van der Waals surface area contributed by atoms with Crippen molar-refractivity contribution in [3.05, 3.63) is 17.2 Å². The molecule has 3 nitrogen and oxygen atoms in total. The van der Waals surface area contributed by atoms with E-state index in [-0.39, 0.29) is 0 Å². The summed E-state index contributed by atoms with van der Waals surface area (Å²) >= 11 is 0. The molecule has 0 saturated heterocycles. The van der Waals surface area contributed by atoms with Crippen LogP contribution >= 0.6 is 0 Å². The average Bonchev–Trinajstić information content (AvgIpc) is 2.78. The lowest BCUT2D eigenvalue weighted by atomic mass is 9.79. The molecule has 0 spiro atoms. The minimum absolute atomic E-state index is 0.696. The highest BCUT2D eigenvalue weighted by molar-refractivity contribution is 5.22. The first kappa shape index (κ1) is 14.1. The van der Waals surface area contributed by atoms with Crippen LogP contribution in [0.15, 0.2) is 0 Å².